The van der Waals surface area contributed by atoms with Crippen molar-refractivity contribution >= 4 is 15.9 Å². The molecule has 1 aromatic carbocycles. The highest BCUT2D eigenvalue weighted by molar-refractivity contribution is 7.92. The quantitative estimate of drug-likeness (QED) is 0.888. The molecule has 1 aromatic rings. The van der Waals surface area contributed by atoms with Crippen LogP contribution in [0, 0.1) is 18.8 Å². The van der Waals surface area contributed by atoms with E-state index in [4.69, 9.17) is 0 Å². The van der Waals surface area contributed by atoms with E-state index in [1.807, 2.05) is 4.90 Å². The number of urea groups is 1. The van der Waals surface area contributed by atoms with Gasteiger partial charge in [0.1, 0.15) is 0 Å². The summed E-state index contributed by atoms with van der Waals surface area (Å²) in [6.45, 7) is 4.26. The first-order valence-corrected chi connectivity index (χ1v) is 10.0. The molecule has 2 fully saturated rings. The molecule has 1 N–H and O–H groups in total. The number of hydrogen-bond donors (Lipinski definition) is 1. The van der Waals surface area contributed by atoms with Gasteiger partial charge in [-0.15, -0.1) is 0 Å². The van der Waals surface area contributed by atoms with Crippen molar-refractivity contribution in [2.24, 2.45) is 11.8 Å². The van der Waals surface area contributed by atoms with Crippen molar-refractivity contribution in [3.8, 4) is 0 Å². The van der Waals surface area contributed by atoms with Gasteiger partial charge in [-0.3, -0.25) is 0 Å². The van der Waals surface area contributed by atoms with Gasteiger partial charge in [0.2, 0.25) is 0 Å². The van der Waals surface area contributed by atoms with E-state index in [-0.39, 0.29) is 23.5 Å². The van der Waals surface area contributed by atoms with E-state index in [0.29, 0.717) is 12.5 Å². The zero-order valence-corrected chi connectivity index (χ0v) is 14.3. The van der Waals surface area contributed by atoms with Crippen LogP contribution in [0.1, 0.15) is 17.5 Å². The predicted molar refractivity (Wildman–Crippen MR) is 90.1 cm³/mol. The van der Waals surface area contributed by atoms with Gasteiger partial charge in [-0.2, -0.15) is 0 Å². The van der Waals surface area contributed by atoms with Crippen molar-refractivity contribution in [3.05, 3.63) is 35.4 Å². The largest absolute Gasteiger partial charge is 0.338 e. The summed E-state index contributed by atoms with van der Waals surface area (Å²) in [5, 5.41) is 2.90. The summed E-state index contributed by atoms with van der Waals surface area (Å²) in [7, 11) is -2.75. The summed E-state index contributed by atoms with van der Waals surface area (Å²) in [6, 6.07) is 8.54. The number of carbonyl (C=O) groups is 1. The zero-order valence-electron chi connectivity index (χ0n) is 13.5. The summed E-state index contributed by atoms with van der Waals surface area (Å²) >= 11 is 0. The third-order valence-corrected chi connectivity index (χ3v) is 6.66. The van der Waals surface area contributed by atoms with E-state index in [9.17, 15) is 13.2 Å². The van der Waals surface area contributed by atoms with Crippen molar-refractivity contribution in [1.29, 1.82) is 0 Å². The van der Waals surface area contributed by atoms with Crippen LogP contribution in [0.15, 0.2) is 24.3 Å². The molecule has 0 aliphatic carbocycles. The van der Waals surface area contributed by atoms with Crippen molar-refractivity contribution < 1.29 is 13.2 Å². The van der Waals surface area contributed by atoms with Crippen LogP contribution in [0.2, 0.25) is 0 Å². The van der Waals surface area contributed by atoms with Gasteiger partial charge in [-0.05, 0) is 37.2 Å². The third-order valence-electron chi connectivity index (χ3n) is 4.70. The normalized spacial score (nSPS) is 20.7. The Kier molecular flexibility index (Phi) is 4.62. The van der Waals surface area contributed by atoms with Crippen LogP contribution in [-0.4, -0.2) is 50.5 Å². The molecule has 2 aliphatic heterocycles. The van der Waals surface area contributed by atoms with E-state index in [0.717, 1.165) is 25.9 Å². The number of carbonyl (C=O) groups excluding carboxylic acids is 1. The standard InChI is InChI=1S/C17H24N2O3S/c1-13-2-4-14(5-3-13)8-16-9-19(10-16)17(20)18-7-6-15-11-23(21,22)12-15/h2-5,15-16H,6-12H2,1H3,(H,18,20). The SMILES string of the molecule is Cc1ccc(CC2CN(C(=O)NCCC3CS(=O)(=O)C3)C2)cc1. The first-order valence-electron chi connectivity index (χ1n) is 8.20. The summed E-state index contributed by atoms with van der Waals surface area (Å²) < 4.78 is 22.1. The van der Waals surface area contributed by atoms with Crippen LogP contribution in [0.4, 0.5) is 4.79 Å². The monoisotopic (exact) mass is 336 g/mol. The number of rotatable bonds is 5. The topological polar surface area (TPSA) is 66.5 Å². The molecule has 0 bridgehead atoms. The van der Waals surface area contributed by atoms with Crippen molar-refractivity contribution in [3.63, 3.8) is 0 Å². The van der Waals surface area contributed by atoms with E-state index in [1.165, 1.54) is 11.1 Å². The lowest BCUT2D eigenvalue weighted by Gasteiger charge is -2.39. The fourth-order valence-corrected chi connectivity index (χ4v) is 4.93. The second-order valence-electron chi connectivity index (χ2n) is 6.92. The van der Waals surface area contributed by atoms with E-state index >= 15 is 0 Å². The summed E-state index contributed by atoms with van der Waals surface area (Å²) in [5.74, 6) is 1.34. The Balaban J connectivity index is 1.31. The van der Waals surface area contributed by atoms with Crippen LogP contribution in [-0.2, 0) is 16.3 Å². The molecule has 0 unspecified atom stereocenters. The first-order chi connectivity index (χ1) is 10.9. The van der Waals surface area contributed by atoms with Gasteiger partial charge in [0.15, 0.2) is 9.84 Å². The van der Waals surface area contributed by atoms with E-state index in [1.54, 1.807) is 0 Å². The molecule has 3 rings (SSSR count). The molecule has 0 saturated carbocycles. The van der Waals surface area contributed by atoms with Gasteiger partial charge in [0.05, 0.1) is 11.5 Å². The maximum atomic E-state index is 12.0. The molecule has 2 aliphatic rings. The second-order valence-corrected chi connectivity index (χ2v) is 9.08. The van der Waals surface area contributed by atoms with Crippen LogP contribution < -0.4 is 5.32 Å². The average Bonchev–Trinajstić information content (AvgIpc) is 2.42. The summed E-state index contributed by atoms with van der Waals surface area (Å²) in [5.41, 5.74) is 2.59. The fraction of sp³-hybridized carbons (Fsp3) is 0.588. The third kappa shape index (κ3) is 4.25. The minimum Gasteiger partial charge on any atom is -0.338 e. The summed E-state index contributed by atoms with van der Waals surface area (Å²) in [6.07, 6.45) is 1.77. The molecule has 2 heterocycles. The highest BCUT2D eigenvalue weighted by Crippen LogP contribution is 2.22. The summed E-state index contributed by atoms with van der Waals surface area (Å²) in [4.78, 5) is 13.8. The van der Waals surface area contributed by atoms with Gasteiger partial charge in [0.25, 0.3) is 0 Å². The van der Waals surface area contributed by atoms with Crippen molar-refractivity contribution in [1.82, 2.24) is 10.2 Å². The maximum Gasteiger partial charge on any atom is 0.317 e. The maximum absolute atomic E-state index is 12.0. The van der Waals surface area contributed by atoms with Crippen molar-refractivity contribution in [2.75, 3.05) is 31.1 Å². The van der Waals surface area contributed by atoms with E-state index in [2.05, 4.69) is 36.5 Å². The molecular weight excluding hydrogens is 312 g/mol. The Morgan fingerprint density at radius 3 is 2.43 bits per heavy atom. The molecule has 23 heavy (non-hydrogen) atoms. The molecule has 0 atom stereocenters. The van der Waals surface area contributed by atoms with Crippen LogP contribution >= 0.6 is 0 Å². The van der Waals surface area contributed by atoms with Crippen LogP contribution in [0.5, 0.6) is 0 Å². The first kappa shape index (κ1) is 16.3. The second kappa shape index (κ2) is 6.51. The van der Waals surface area contributed by atoms with Crippen LogP contribution in [0.25, 0.3) is 0 Å². The average molecular weight is 336 g/mol. The Bertz CT molecular complexity index is 652. The smallest absolute Gasteiger partial charge is 0.317 e. The lowest BCUT2D eigenvalue weighted by atomic mass is 9.92. The number of sulfone groups is 1. The Hall–Kier alpha value is -1.56. The van der Waals surface area contributed by atoms with Gasteiger partial charge in [-0.25, -0.2) is 13.2 Å². The molecule has 2 amide bonds. The van der Waals surface area contributed by atoms with Gasteiger partial charge >= 0.3 is 6.03 Å². The number of likely N-dealkylation sites (tertiary alicyclic amines) is 1. The van der Waals surface area contributed by atoms with E-state index < -0.39 is 9.84 Å². The van der Waals surface area contributed by atoms with Gasteiger partial charge < -0.3 is 10.2 Å². The number of hydrogen-bond acceptors (Lipinski definition) is 3. The Morgan fingerprint density at radius 2 is 1.83 bits per heavy atom. The molecule has 0 spiro atoms. The highest BCUT2D eigenvalue weighted by atomic mass is 32.2. The molecule has 2 saturated heterocycles. The Labute approximate surface area is 138 Å². The lowest BCUT2D eigenvalue weighted by molar-refractivity contribution is 0.120. The number of nitrogens with one attached hydrogen (secondary N) is 1. The predicted octanol–water partition coefficient (Wildman–Crippen LogP) is 1.61. The molecule has 0 aromatic heterocycles. The number of amides is 2. The Morgan fingerprint density at radius 1 is 1.17 bits per heavy atom. The van der Waals surface area contributed by atoms with Gasteiger partial charge in [-0.1, -0.05) is 29.8 Å². The number of benzene rings is 1. The molecule has 126 valence electrons. The van der Waals surface area contributed by atoms with Crippen LogP contribution in [0.3, 0.4) is 0 Å². The van der Waals surface area contributed by atoms with Crippen molar-refractivity contribution in [2.45, 2.75) is 19.8 Å². The zero-order chi connectivity index (χ0) is 16.4. The van der Waals surface area contributed by atoms with Gasteiger partial charge in [0, 0.05) is 19.6 Å². The highest BCUT2D eigenvalue weighted by Gasteiger charge is 2.33. The molecular formula is C17H24N2O3S. The minimum absolute atomic E-state index is 0.0210. The number of nitrogens with zero attached hydrogens (tertiary/aromatic N) is 1. The molecule has 0 radical (unpaired) electrons. The molecule has 5 nitrogen and oxygen atoms in total. The minimum atomic E-state index is -2.75. The number of aryl methyl sites for hydroxylation is 1. The lowest BCUT2D eigenvalue weighted by Crippen LogP contribution is -2.54. The molecule has 6 heteroatoms. The fourth-order valence-electron chi connectivity index (χ4n) is 3.25.